The quantitative estimate of drug-likeness (QED) is 0.189. The number of nitriles is 1. The molecule has 11 heteroatoms. The summed E-state index contributed by atoms with van der Waals surface area (Å²) < 4.78 is 11.9. The Morgan fingerprint density at radius 2 is 1.75 bits per heavy atom. The van der Waals surface area contributed by atoms with Gasteiger partial charge in [-0.05, 0) is 30.3 Å². The molecule has 1 atom stereocenters. The van der Waals surface area contributed by atoms with E-state index in [0.717, 1.165) is 11.3 Å². The lowest BCUT2D eigenvalue weighted by Crippen LogP contribution is -2.21. The zero-order valence-electron chi connectivity index (χ0n) is 17.7. The Hall–Kier alpha value is -2.63. The Bertz CT molecular complexity index is 1640. The molecule has 0 amide bonds. The molecular weight excluding hydrogens is 586 g/mol. The molecule has 0 aliphatic carbocycles. The van der Waals surface area contributed by atoms with Crippen molar-refractivity contribution in [1.29, 1.82) is 5.26 Å². The first-order valence-corrected chi connectivity index (χ1v) is 12.8. The molecule has 4 aromatic rings. The lowest BCUT2D eigenvalue weighted by Gasteiger charge is -2.27. The van der Waals surface area contributed by atoms with E-state index in [2.05, 4.69) is 6.07 Å². The van der Waals surface area contributed by atoms with Gasteiger partial charge < -0.3 is 15.2 Å². The van der Waals surface area contributed by atoms with Gasteiger partial charge in [-0.1, -0.05) is 70.1 Å². The predicted octanol–water partition coefficient (Wildman–Crippen LogP) is 8.61. The summed E-state index contributed by atoms with van der Waals surface area (Å²) in [6, 6.07) is 15.1. The average Bonchev–Trinajstić information content (AvgIpc) is 3.15. The number of carbonyl (C=O) groups excluding carboxylic acids is 1. The van der Waals surface area contributed by atoms with Crippen LogP contribution in [0, 0.1) is 11.3 Å². The third-order valence-electron chi connectivity index (χ3n) is 5.52. The van der Waals surface area contributed by atoms with Crippen molar-refractivity contribution in [2.45, 2.75) is 5.92 Å². The standard InChI is InChI=1S/C25H11Cl5N2O3S/c26-10-6-16(29)21-18(7-10)36-23(22(21)30)25(33)34-11-4-5-12-17(8-11)35-24(32)13(9-31)19(12)20-14(27)2-1-3-15(20)28/h1-8,19H,32H2. The fraction of sp³-hybridized carbons (Fsp3) is 0.0400. The van der Waals surface area contributed by atoms with Gasteiger partial charge >= 0.3 is 5.97 Å². The maximum Gasteiger partial charge on any atom is 0.355 e. The number of fused-ring (bicyclic) bond motifs is 2. The number of nitrogens with two attached hydrogens (primary N) is 1. The molecule has 0 saturated heterocycles. The lowest BCUT2D eigenvalue weighted by molar-refractivity contribution is 0.0740. The molecule has 36 heavy (non-hydrogen) atoms. The summed E-state index contributed by atoms with van der Waals surface area (Å²) in [6.45, 7) is 0. The van der Waals surface area contributed by atoms with Gasteiger partial charge in [-0.25, -0.2) is 4.79 Å². The minimum Gasteiger partial charge on any atom is -0.440 e. The lowest BCUT2D eigenvalue weighted by atomic mass is 9.83. The smallest absolute Gasteiger partial charge is 0.355 e. The molecule has 180 valence electrons. The summed E-state index contributed by atoms with van der Waals surface area (Å²) in [5, 5.41) is 12.0. The van der Waals surface area contributed by atoms with Crippen molar-refractivity contribution in [2.75, 3.05) is 0 Å². The molecule has 0 spiro atoms. The van der Waals surface area contributed by atoms with Crippen LogP contribution in [0.3, 0.4) is 0 Å². The molecule has 0 fully saturated rings. The Labute approximate surface area is 234 Å². The highest BCUT2D eigenvalue weighted by Crippen LogP contribution is 2.47. The molecule has 1 aliphatic rings. The van der Waals surface area contributed by atoms with E-state index in [1.165, 1.54) is 6.07 Å². The van der Waals surface area contributed by atoms with Crippen molar-refractivity contribution in [3.63, 3.8) is 0 Å². The van der Waals surface area contributed by atoms with Crippen LogP contribution >= 0.6 is 69.3 Å². The summed E-state index contributed by atoms with van der Waals surface area (Å²) in [5.74, 6) is -0.998. The predicted molar refractivity (Wildman–Crippen MR) is 144 cm³/mol. The molecule has 0 saturated carbocycles. The van der Waals surface area contributed by atoms with E-state index >= 15 is 0 Å². The number of nitrogens with zero attached hydrogens (tertiary/aromatic N) is 1. The van der Waals surface area contributed by atoms with E-state index in [4.69, 9.17) is 73.2 Å². The third kappa shape index (κ3) is 4.26. The summed E-state index contributed by atoms with van der Waals surface area (Å²) in [4.78, 5) is 13.1. The van der Waals surface area contributed by atoms with E-state index in [0.29, 0.717) is 41.3 Å². The van der Waals surface area contributed by atoms with Crippen LogP contribution < -0.4 is 15.2 Å². The van der Waals surface area contributed by atoms with Gasteiger partial charge in [0.2, 0.25) is 5.88 Å². The normalized spacial score (nSPS) is 14.8. The van der Waals surface area contributed by atoms with Crippen LogP contribution in [0.5, 0.6) is 11.5 Å². The fourth-order valence-corrected chi connectivity index (χ4v) is 6.84. The molecular formula is C25H11Cl5N2O3S. The van der Waals surface area contributed by atoms with Gasteiger partial charge in [-0.15, -0.1) is 11.3 Å². The largest absolute Gasteiger partial charge is 0.440 e. The second-order valence-corrected chi connectivity index (χ2v) is 10.7. The molecule has 5 nitrogen and oxygen atoms in total. The topological polar surface area (TPSA) is 85.3 Å². The molecule has 0 radical (unpaired) electrons. The van der Waals surface area contributed by atoms with Crippen LogP contribution in [0.25, 0.3) is 10.1 Å². The molecule has 1 aromatic heterocycles. The van der Waals surface area contributed by atoms with Crippen molar-refractivity contribution in [2.24, 2.45) is 5.73 Å². The number of ether oxygens (including phenoxy) is 2. The van der Waals surface area contributed by atoms with Gasteiger partial charge in [-0.2, -0.15) is 5.26 Å². The first-order valence-electron chi connectivity index (χ1n) is 10.1. The molecule has 5 rings (SSSR count). The maximum absolute atomic E-state index is 13.0. The van der Waals surface area contributed by atoms with E-state index < -0.39 is 11.9 Å². The molecule has 2 N–H and O–H groups in total. The van der Waals surface area contributed by atoms with E-state index in [1.807, 2.05) is 0 Å². The van der Waals surface area contributed by atoms with Gasteiger partial charge in [0.05, 0.1) is 16.0 Å². The van der Waals surface area contributed by atoms with E-state index in [1.54, 1.807) is 42.5 Å². The summed E-state index contributed by atoms with van der Waals surface area (Å²) >= 11 is 32.8. The summed E-state index contributed by atoms with van der Waals surface area (Å²) in [7, 11) is 0. The maximum atomic E-state index is 13.0. The van der Waals surface area contributed by atoms with E-state index in [-0.39, 0.29) is 32.9 Å². The zero-order chi connectivity index (χ0) is 25.7. The van der Waals surface area contributed by atoms with Gasteiger partial charge in [0.15, 0.2) is 0 Å². The Balaban J connectivity index is 1.53. The Morgan fingerprint density at radius 3 is 2.44 bits per heavy atom. The number of hydrogen-bond donors (Lipinski definition) is 1. The SMILES string of the molecule is N#CC1=C(N)Oc2cc(OC(=O)c3sc4cc(Cl)cc(Cl)c4c3Cl)ccc2C1c1c(Cl)cccc1Cl. The highest BCUT2D eigenvalue weighted by molar-refractivity contribution is 7.21. The van der Waals surface area contributed by atoms with Gasteiger partial charge in [0, 0.05) is 42.3 Å². The number of halogens is 5. The van der Waals surface area contributed by atoms with Crippen LogP contribution in [-0.4, -0.2) is 5.97 Å². The van der Waals surface area contributed by atoms with Crippen molar-refractivity contribution in [3.05, 3.63) is 101 Å². The summed E-state index contributed by atoms with van der Waals surface area (Å²) in [5.41, 5.74) is 7.32. The van der Waals surface area contributed by atoms with Crippen molar-refractivity contribution >= 4 is 85.4 Å². The second-order valence-electron chi connectivity index (χ2n) is 7.66. The molecule has 2 heterocycles. The average molecular weight is 597 g/mol. The van der Waals surface area contributed by atoms with Crippen molar-refractivity contribution in [1.82, 2.24) is 0 Å². The molecule has 1 unspecified atom stereocenters. The number of rotatable bonds is 3. The van der Waals surface area contributed by atoms with Crippen molar-refractivity contribution < 1.29 is 14.3 Å². The molecule has 1 aliphatic heterocycles. The highest BCUT2D eigenvalue weighted by atomic mass is 35.5. The molecule has 0 bridgehead atoms. The number of thiophene rings is 1. The number of carbonyl (C=O) groups is 1. The minimum absolute atomic E-state index is 0.103. The minimum atomic E-state index is -0.684. The number of hydrogen-bond acceptors (Lipinski definition) is 6. The van der Waals surface area contributed by atoms with E-state index in [9.17, 15) is 10.1 Å². The van der Waals surface area contributed by atoms with Crippen LogP contribution in [0.15, 0.2) is 60.0 Å². The van der Waals surface area contributed by atoms with Gasteiger partial charge in [-0.3, -0.25) is 0 Å². The summed E-state index contributed by atoms with van der Waals surface area (Å²) in [6.07, 6.45) is 0. The van der Waals surface area contributed by atoms with Crippen LogP contribution in [0.4, 0.5) is 0 Å². The van der Waals surface area contributed by atoms with Gasteiger partial charge in [0.25, 0.3) is 0 Å². The Morgan fingerprint density at radius 1 is 1.03 bits per heavy atom. The first kappa shape index (κ1) is 25.0. The van der Waals surface area contributed by atoms with Crippen LogP contribution in [-0.2, 0) is 0 Å². The monoisotopic (exact) mass is 594 g/mol. The number of allylic oxidation sites excluding steroid dienone is 1. The zero-order valence-corrected chi connectivity index (χ0v) is 22.3. The Kier molecular flexibility index (Phi) is 6.73. The van der Waals surface area contributed by atoms with Crippen LogP contribution in [0.2, 0.25) is 25.1 Å². The first-order chi connectivity index (χ1) is 17.2. The van der Waals surface area contributed by atoms with Crippen LogP contribution in [0.1, 0.15) is 26.7 Å². The number of benzene rings is 3. The van der Waals surface area contributed by atoms with Gasteiger partial charge in [0.1, 0.15) is 28.0 Å². The fourth-order valence-electron chi connectivity index (χ4n) is 3.98. The van der Waals surface area contributed by atoms with Crippen molar-refractivity contribution in [3.8, 4) is 17.6 Å². The third-order valence-corrected chi connectivity index (χ3v) is 8.31. The molecule has 3 aromatic carbocycles. The number of esters is 1. The second kappa shape index (κ2) is 9.68. The highest BCUT2D eigenvalue weighted by Gasteiger charge is 2.34.